The molecule has 0 aromatic heterocycles. The van der Waals surface area contributed by atoms with Crippen molar-refractivity contribution in [3.05, 3.63) is 71.8 Å². The lowest BCUT2D eigenvalue weighted by atomic mass is 9.96. The Kier molecular flexibility index (Phi) is 6.07. The Hall–Kier alpha value is -2.33. The molecule has 0 radical (unpaired) electrons. The fourth-order valence-electron chi connectivity index (χ4n) is 3.24. The van der Waals surface area contributed by atoms with Crippen molar-refractivity contribution in [2.45, 2.75) is 31.2 Å². The molecule has 1 saturated carbocycles. The first-order chi connectivity index (χ1) is 12.3. The van der Waals surface area contributed by atoms with E-state index < -0.39 is 0 Å². The molecule has 0 heterocycles. The molecular formula is C21H26N2O2. The summed E-state index contributed by atoms with van der Waals surface area (Å²) in [6.07, 6.45) is 2.96. The highest BCUT2D eigenvalue weighted by atomic mass is 16.3. The van der Waals surface area contributed by atoms with Crippen LogP contribution in [0.5, 0.6) is 0 Å². The first-order valence-corrected chi connectivity index (χ1v) is 9.03. The molecule has 132 valence electrons. The van der Waals surface area contributed by atoms with E-state index in [2.05, 4.69) is 22.8 Å². The molecule has 1 aliphatic rings. The number of urea groups is 1. The minimum Gasteiger partial charge on any atom is -0.396 e. The third-order valence-electron chi connectivity index (χ3n) is 4.80. The number of aliphatic hydroxyl groups excluding tert-OH is 1. The van der Waals surface area contributed by atoms with Gasteiger partial charge in [0.05, 0.1) is 6.04 Å². The molecule has 0 saturated heterocycles. The smallest absolute Gasteiger partial charge is 0.315 e. The van der Waals surface area contributed by atoms with Crippen LogP contribution in [0.2, 0.25) is 0 Å². The van der Waals surface area contributed by atoms with Gasteiger partial charge < -0.3 is 15.7 Å². The zero-order valence-electron chi connectivity index (χ0n) is 14.4. The van der Waals surface area contributed by atoms with Crippen molar-refractivity contribution in [1.82, 2.24) is 10.6 Å². The van der Waals surface area contributed by atoms with E-state index in [0.717, 1.165) is 24.0 Å². The van der Waals surface area contributed by atoms with E-state index >= 15 is 0 Å². The minimum atomic E-state index is -0.139. The van der Waals surface area contributed by atoms with Gasteiger partial charge >= 0.3 is 6.03 Å². The molecule has 1 fully saturated rings. The molecule has 4 nitrogen and oxygen atoms in total. The largest absolute Gasteiger partial charge is 0.396 e. The number of rotatable bonds is 8. The topological polar surface area (TPSA) is 61.4 Å². The second kappa shape index (κ2) is 8.67. The lowest BCUT2D eigenvalue weighted by Crippen LogP contribution is -2.40. The van der Waals surface area contributed by atoms with Crippen LogP contribution in [0.4, 0.5) is 4.79 Å². The summed E-state index contributed by atoms with van der Waals surface area (Å²) in [5.41, 5.74) is 2.30. The molecule has 1 aliphatic carbocycles. The van der Waals surface area contributed by atoms with Gasteiger partial charge in [0, 0.05) is 19.1 Å². The summed E-state index contributed by atoms with van der Waals surface area (Å²) in [4.78, 5) is 12.4. The zero-order valence-corrected chi connectivity index (χ0v) is 14.4. The Bertz CT molecular complexity index is 656. The predicted molar refractivity (Wildman–Crippen MR) is 99.3 cm³/mol. The summed E-state index contributed by atoms with van der Waals surface area (Å²) >= 11 is 0. The summed E-state index contributed by atoms with van der Waals surface area (Å²) < 4.78 is 0. The quantitative estimate of drug-likeness (QED) is 0.689. The van der Waals surface area contributed by atoms with Gasteiger partial charge in [-0.05, 0) is 36.3 Å². The third-order valence-corrected chi connectivity index (χ3v) is 4.80. The molecule has 0 aliphatic heterocycles. The van der Waals surface area contributed by atoms with Crippen LogP contribution >= 0.6 is 0 Å². The van der Waals surface area contributed by atoms with Crippen molar-refractivity contribution in [1.29, 1.82) is 0 Å². The fourth-order valence-corrected chi connectivity index (χ4v) is 3.24. The number of carbonyl (C=O) groups is 1. The third kappa shape index (κ3) is 5.07. The Morgan fingerprint density at radius 3 is 2.16 bits per heavy atom. The Morgan fingerprint density at radius 1 is 1.00 bits per heavy atom. The normalized spacial score (nSPS) is 16.0. The van der Waals surface area contributed by atoms with Gasteiger partial charge in [-0.15, -0.1) is 0 Å². The summed E-state index contributed by atoms with van der Waals surface area (Å²) in [6, 6.07) is 20.1. The van der Waals surface area contributed by atoms with Gasteiger partial charge in [0.2, 0.25) is 0 Å². The molecule has 0 bridgehead atoms. The number of benzene rings is 2. The standard InChI is InChI=1S/C21H26N2O2/c24-14-13-19(16-7-3-1-4-8-16)15-22-21(25)23-20(18-11-12-18)17-9-5-2-6-10-17/h1-10,18-20,24H,11-15H2,(H2,22,23,25). The van der Waals surface area contributed by atoms with Crippen LogP contribution in [0, 0.1) is 5.92 Å². The Labute approximate surface area is 149 Å². The first kappa shape index (κ1) is 17.5. The number of hydrogen-bond donors (Lipinski definition) is 3. The number of nitrogens with one attached hydrogen (secondary N) is 2. The fraction of sp³-hybridized carbons (Fsp3) is 0.381. The van der Waals surface area contributed by atoms with E-state index in [1.807, 2.05) is 48.5 Å². The average molecular weight is 338 g/mol. The molecule has 0 spiro atoms. The number of amides is 2. The molecule has 3 N–H and O–H groups in total. The van der Waals surface area contributed by atoms with Crippen LogP contribution in [0.25, 0.3) is 0 Å². The highest BCUT2D eigenvalue weighted by Crippen LogP contribution is 2.40. The second-order valence-electron chi connectivity index (χ2n) is 6.70. The average Bonchev–Trinajstić information content (AvgIpc) is 3.49. The molecule has 2 atom stereocenters. The van der Waals surface area contributed by atoms with E-state index in [4.69, 9.17) is 0 Å². The number of hydrogen-bond acceptors (Lipinski definition) is 2. The summed E-state index contributed by atoms with van der Waals surface area (Å²) in [6.45, 7) is 0.625. The first-order valence-electron chi connectivity index (χ1n) is 9.03. The van der Waals surface area contributed by atoms with Gasteiger partial charge in [-0.25, -0.2) is 4.79 Å². The lowest BCUT2D eigenvalue weighted by molar-refractivity contribution is 0.232. The van der Waals surface area contributed by atoms with Gasteiger partial charge in [0.15, 0.2) is 0 Å². The maximum Gasteiger partial charge on any atom is 0.315 e. The van der Waals surface area contributed by atoms with Gasteiger partial charge in [0.1, 0.15) is 0 Å². The summed E-state index contributed by atoms with van der Waals surface area (Å²) in [5, 5.41) is 15.4. The Morgan fingerprint density at radius 2 is 1.60 bits per heavy atom. The van der Waals surface area contributed by atoms with Gasteiger partial charge in [-0.1, -0.05) is 60.7 Å². The molecule has 2 unspecified atom stereocenters. The predicted octanol–water partition coefficient (Wildman–Crippen LogP) is 3.60. The van der Waals surface area contributed by atoms with Crippen LogP contribution in [-0.4, -0.2) is 24.3 Å². The van der Waals surface area contributed by atoms with Crippen LogP contribution in [0.3, 0.4) is 0 Å². The highest BCUT2D eigenvalue weighted by molar-refractivity contribution is 5.74. The van der Waals surface area contributed by atoms with Crippen LogP contribution in [0.15, 0.2) is 60.7 Å². The molecule has 2 aromatic rings. The molecule has 2 aromatic carbocycles. The summed E-state index contributed by atoms with van der Waals surface area (Å²) in [5.74, 6) is 0.656. The van der Waals surface area contributed by atoms with Gasteiger partial charge in [-0.2, -0.15) is 0 Å². The monoisotopic (exact) mass is 338 g/mol. The second-order valence-corrected chi connectivity index (χ2v) is 6.70. The number of aliphatic hydroxyl groups is 1. The van der Waals surface area contributed by atoms with Crippen molar-refractivity contribution >= 4 is 6.03 Å². The molecule has 2 amide bonds. The van der Waals surface area contributed by atoms with Crippen molar-refractivity contribution in [3.8, 4) is 0 Å². The van der Waals surface area contributed by atoms with Gasteiger partial charge in [0.25, 0.3) is 0 Å². The van der Waals surface area contributed by atoms with E-state index in [-0.39, 0.29) is 24.6 Å². The van der Waals surface area contributed by atoms with Crippen molar-refractivity contribution in [3.63, 3.8) is 0 Å². The van der Waals surface area contributed by atoms with E-state index in [0.29, 0.717) is 18.9 Å². The maximum absolute atomic E-state index is 12.4. The van der Waals surface area contributed by atoms with Crippen molar-refractivity contribution in [2.75, 3.05) is 13.2 Å². The molecule has 25 heavy (non-hydrogen) atoms. The highest BCUT2D eigenvalue weighted by Gasteiger charge is 2.33. The molecule has 3 rings (SSSR count). The molecular weight excluding hydrogens is 312 g/mol. The SMILES string of the molecule is O=C(NCC(CCO)c1ccccc1)NC(c1ccccc1)C1CC1. The molecule has 4 heteroatoms. The maximum atomic E-state index is 12.4. The summed E-state index contributed by atoms with van der Waals surface area (Å²) in [7, 11) is 0. The van der Waals surface area contributed by atoms with Crippen LogP contribution in [0.1, 0.15) is 42.3 Å². The van der Waals surface area contributed by atoms with Crippen molar-refractivity contribution < 1.29 is 9.90 Å². The van der Waals surface area contributed by atoms with Crippen LogP contribution in [-0.2, 0) is 0 Å². The van der Waals surface area contributed by atoms with Crippen LogP contribution < -0.4 is 10.6 Å². The zero-order chi connectivity index (χ0) is 17.5. The van der Waals surface area contributed by atoms with Gasteiger partial charge in [-0.3, -0.25) is 0 Å². The van der Waals surface area contributed by atoms with E-state index in [1.54, 1.807) is 0 Å². The van der Waals surface area contributed by atoms with E-state index in [9.17, 15) is 9.90 Å². The lowest BCUT2D eigenvalue weighted by Gasteiger charge is -2.21. The van der Waals surface area contributed by atoms with E-state index in [1.165, 1.54) is 0 Å². The minimum absolute atomic E-state index is 0.0780. The number of carbonyl (C=O) groups excluding carboxylic acids is 1. The Balaban J connectivity index is 1.57. The van der Waals surface area contributed by atoms with Crippen molar-refractivity contribution in [2.24, 2.45) is 5.92 Å².